The van der Waals surface area contributed by atoms with Gasteiger partial charge in [0.2, 0.25) is 0 Å². The molecule has 0 bridgehead atoms. The van der Waals surface area contributed by atoms with Gasteiger partial charge in [0, 0.05) is 0 Å². The minimum Gasteiger partial charge on any atom is -0.467 e. The van der Waals surface area contributed by atoms with Crippen LogP contribution in [0.2, 0.25) is 0 Å². The molecule has 2 aliphatic rings. The van der Waals surface area contributed by atoms with E-state index in [-0.39, 0.29) is 5.92 Å². The van der Waals surface area contributed by atoms with Crippen LogP contribution in [0.15, 0.2) is 0 Å². The summed E-state index contributed by atoms with van der Waals surface area (Å²) in [6.45, 7) is 2.45. The van der Waals surface area contributed by atoms with Crippen LogP contribution in [0, 0.1) is 5.92 Å². The number of ether oxygens (including phenoxy) is 2. The van der Waals surface area contributed by atoms with Gasteiger partial charge < -0.3 is 20.1 Å². The first-order chi connectivity index (χ1) is 13.2. The van der Waals surface area contributed by atoms with E-state index in [1.807, 2.05) is 6.92 Å². The summed E-state index contributed by atoms with van der Waals surface area (Å²) in [5.74, 6) is -2.74. The molecule has 10 heteroatoms. The second-order valence-corrected chi connectivity index (χ2v) is 7.23. The number of esters is 2. The lowest BCUT2D eigenvalue weighted by Crippen LogP contribution is -2.47. The van der Waals surface area contributed by atoms with Gasteiger partial charge in [-0.15, -0.1) is 0 Å². The molecule has 2 fully saturated rings. The van der Waals surface area contributed by atoms with Gasteiger partial charge in [-0.05, 0) is 18.8 Å². The van der Waals surface area contributed by atoms with Gasteiger partial charge in [0.05, 0.1) is 7.11 Å². The Morgan fingerprint density at radius 1 is 1.25 bits per heavy atom. The number of imide groups is 1. The Morgan fingerprint density at radius 2 is 1.89 bits per heavy atom. The molecule has 1 heterocycles. The molecule has 0 radical (unpaired) electrons. The summed E-state index contributed by atoms with van der Waals surface area (Å²) in [5, 5.41) is 5.14. The van der Waals surface area contributed by atoms with Gasteiger partial charge in [-0.2, -0.15) is 0 Å². The lowest BCUT2D eigenvalue weighted by Gasteiger charge is -2.22. The van der Waals surface area contributed by atoms with Gasteiger partial charge in [0.25, 0.3) is 11.8 Å². The first kappa shape index (κ1) is 21.6. The lowest BCUT2D eigenvalue weighted by atomic mass is 9.98. The zero-order valence-corrected chi connectivity index (χ0v) is 16.4. The van der Waals surface area contributed by atoms with E-state index in [1.165, 1.54) is 7.11 Å². The normalized spacial score (nSPS) is 19.9. The van der Waals surface area contributed by atoms with Crippen molar-refractivity contribution in [3.05, 3.63) is 0 Å². The van der Waals surface area contributed by atoms with Crippen molar-refractivity contribution in [1.82, 2.24) is 15.5 Å². The second-order valence-electron chi connectivity index (χ2n) is 7.23. The number of hydrogen-bond donors (Lipinski definition) is 2. The summed E-state index contributed by atoms with van der Waals surface area (Å²) in [4.78, 5) is 61.1. The second kappa shape index (κ2) is 9.03. The number of nitrogens with zero attached hydrogens (tertiary/aromatic N) is 1. The van der Waals surface area contributed by atoms with Gasteiger partial charge in [-0.25, -0.2) is 9.59 Å². The molecule has 0 aromatic rings. The highest BCUT2D eigenvalue weighted by atomic mass is 16.5. The smallest absolute Gasteiger partial charge is 0.328 e. The number of carbonyl (C=O) groups is 5. The minimum atomic E-state index is -0.904. The van der Waals surface area contributed by atoms with Crippen LogP contribution in [0.3, 0.4) is 0 Å². The lowest BCUT2D eigenvalue weighted by molar-refractivity contribution is -0.152. The van der Waals surface area contributed by atoms with Crippen molar-refractivity contribution in [3.63, 3.8) is 0 Å². The number of nitrogens with one attached hydrogen (secondary N) is 2. The van der Waals surface area contributed by atoms with Crippen LogP contribution < -0.4 is 10.6 Å². The standard InChI is InChI=1S/C18H27N3O7/c1-4-11(2)14(15(24)27-3)19-12(22)10-28-13(23)9-21-16(25)18(20-17(21)26)7-5-6-8-18/h11,14H,4-10H2,1-3H3,(H,19,22)(H,20,26)/t11-,14+/m1/s1. The first-order valence-corrected chi connectivity index (χ1v) is 9.41. The van der Waals surface area contributed by atoms with Crippen molar-refractivity contribution < 1.29 is 33.4 Å². The summed E-state index contributed by atoms with van der Waals surface area (Å²) in [6.07, 6.45) is 3.41. The number of carbonyl (C=O) groups excluding carboxylic acids is 5. The number of urea groups is 1. The van der Waals surface area contributed by atoms with Crippen molar-refractivity contribution >= 4 is 29.8 Å². The van der Waals surface area contributed by atoms with Gasteiger partial charge >= 0.3 is 18.0 Å². The predicted octanol–water partition coefficient (Wildman–Crippen LogP) is 0.0981. The van der Waals surface area contributed by atoms with Gasteiger partial charge in [0.15, 0.2) is 6.61 Å². The van der Waals surface area contributed by atoms with Gasteiger partial charge in [-0.3, -0.25) is 19.3 Å². The molecule has 4 amide bonds. The molecular weight excluding hydrogens is 370 g/mol. The number of rotatable bonds is 8. The Labute approximate surface area is 163 Å². The van der Waals surface area contributed by atoms with E-state index in [4.69, 9.17) is 4.74 Å². The van der Waals surface area contributed by atoms with E-state index >= 15 is 0 Å². The topological polar surface area (TPSA) is 131 Å². The van der Waals surface area contributed by atoms with Crippen LogP contribution in [-0.4, -0.2) is 66.5 Å². The molecule has 1 aliphatic carbocycles. The van der Waals surface area contributed by atoms with E-state index in [2.05, 4.69) is 15.4 Å². The first-order valence-electron chi connectivity index (χ1n) is 9.41. The number of hydrogen-bond acceptors (Lipinski definition) is 7. The van der Waals surface area contributed by atoms with Crippen molar-refractivity contribution in [1.29, 1.82) is 0 Å². The fourth-order valence-electron chi connectivity index (χ4n) is 3.47. The van der Waals surface area contributed by atoms with Gasteiger partial charge in [-0.1, -0.05) is 33.1 Å². The highest BCUT2D eigenvalue weighted by molar-refractivity contribution is 6.08. The largest absolute Gasteiger partial charge is 0.467 e. The van der Waals surface area contributed by atoms with E-state index in [0.29, 0.717) is 19.3 Å². The maximum Gasteiger partial charge on any atom is 0.328 e. The minimum absolute atomic E-state index is 0.166. The molecule has 2 atom stereocenters. The van der Waals surface area contributed by atoms with E-state index in [0.717, 1.165) is 17.7 Å². The SMILES string of the molecule is CC[C@@H](C)[C@H](NC(=O)COC(=O)CN1C(=O)NC2(CCCC2)C1=O)C(=O)OC. The fourth-order valence-corrected chi connectivity index (χ4v) is 3.47. The maximum atomic E-state index is 12.5. The Kier molecular flexibility index (Phi) is 6.98. The monoisotopic (exact) mass is 397 g/mol. The van der Waals surface area contributed by atoms with Gasteiger partial charge in [0.1, 0.15) is 18.1 Å². The molecule has 1 aliphatic heterocycles. The molecule has 156 valence electrons. The molecular formula is C18H27N3O7. The van der Waals surface area contributed by atoms with Crippen molar-refractivity contribution in [2.45, 2.75) is 57.5 Å². The molecule has 2 N–H and O–H groups in total. The Morgan fingerprint density at radius 3 is 2.46 bits per heavy atom. The molecule has 0 aromatic heterocycles. The van der Waals surface area contributed by atoms with Crippen LogP contribution in [-0.2, 0) is 28.7 Å². The van der Waals surface area contributed by atoms with E-state index in [9.17, 15) is 24.0 Å². The summed E-state index contributed by atoms with van der Waals surface area (Å²) < 4.78 is 9.53. The Bertz CT molecular complexity index is 658. The van der Waals surface area contributed by atoms with Crippen molar-refractivity contribution in [2.75, 3.05) is 20.3 Å². The summed E-state index contributed by atoms with van der Waals surface area (Å²) in [7, 11) is 1.22. The average molecular weight is 397 g/mol. The molecule has 0 unspecified atom stereocenters. The molecule has 0 aromatic carbocycles. The van der Waals surface area contributed by atoms with Crippen molar-refractivity contribution in [2.24, 2.45) is 5.92 Å². The van der Waals surface area contributed by atoms with Crippen LogP contribution in [0.4, 0.5) is 4.79 Å². The maximum absolute atomic E-state index is 12.5. The Hall–Kier alpha value is -2.65. The molecule has 1 spiro atoms. The van der Waals surface area contributed by atoms with E-state index < -0.39 is 54.5 Å². The molecule has 10 nitrogen and oxygen atoms in total. The van der Waals surface area contributed by atoms with E-state index in [1.54, 1.807) is 6.92 Å². The molecule has 28 heavy (non-hydrogen) atoms. The number of methoxy groups -OCH3 is 1. The Balaban J connectivity index is 1.85. The van der Waals surface area contributed by atoms with Crippen LogP contribution in [0.25, 0.3) is 0 Å². The zero-order valence-electron chi connectivity index (χ0n) is 16.4. The third-order valence-corrected chi connectivity index (χ3v) is 5.34. The summed E-state index contributed by atoms with van der Waals surface area (Å²) in [6, 6.07) is -1.48. The molecule has 1 saturated carbocycles. The van der Waals surface area contributed by atoms with Crippen LogP contribution in [0.5, 0.6) is 0 Å². The zero-order chi connectivity index (χ0) is 20.9. The van der Waals surface area contributed by atoms with Crippen molar-refractivity contribution in [3.8, 4) is 0 Å². The number of amides is 4. The molecule has 2 rings (SSSR count). The molecule has 1 saturated heterocycles. The third-order valence-electron chi connectivity index (χ3n) is 5.34. The third kappa shape index (κ3) is 4.60. The van der Waals surface area contributed by atoms with Crippen LogP contribution >= 0.6 is 0 Å². The summed E-state index contributed by atoms with van der Waals surface area (Å²) >= 11 is 0. The summed E-state index contributed by atoms with van der Waals surface area (Å²) in [5.41, 5.74) is -0.904. The average Bonchev–Trinajstić information content (AvgIpc) is 3.24. The quantitative estimate of drug-likeness (QED) is 0.438. The fraction of sp³-hybridized carbons (Fsp3) is 0.722. The highest BCUT2D eigenvalue weighted by Crippen LogP contribution is 2.34. The van der Waals surface area contributed by atoms with Crippen LogP contribution in [0.1, 0.15) is 46.0 Å². The predicted molar refractivity (Wildman–Crippen MR) is 95.8 cm³/mol. The highest BCUT2D eigenvalue weighted by Gasteiger charge is 2.52.